The van der Waals surface area contributed by atoms with Gasteiger partial charge in [-0.2, -0.15) is 0 Å². The predicted octanol–water partition coefficient (Wildman–Crippen LogP) is 3.54. The van der Waals surface area contributed by atoms with Gasteiger partial charge >= 0.3 is 0 Å². The van der Waals surface area contributed by atoms with E-state index in [0.717, 1.165) is 35.7 Å². The number of hydrogen-bond donors (Lipinski definition) is 0. The molecule has 1 aromatic carbocycles. The summed E-state index contributed by atoms with van der Waals surface area (Å²) >= 11 is 5.85. The first-order valence-corrected chi connectivity index (χ1v) is 6.45. The lowest BCUT2D eigenvalue weighted by Gasteiger charge is -2.09. The minimum Gasteiger partial charge on any atom is -0.310 e. The normalized spacial score (nSPS) is 10.9. The van der Waals surface area contributed by atoms with Crippen molar-refractivity contribution in [2.45, 2.75) is 32.7 Å². The molecule has 1 aromatic heterocycles. The molecule has 0 aliphatic rings. The third-order valence-electron chi connectivity index (χ3n) is 2.82. The fraction of sp³-hybridized carbons (Fsp3) is 0.385. The average molecular weight is 268 g/mol. The number of halogens is 2. The largest absolute Gasteiger partial charge is 0.310 e. The summed E-state index contributed by atoms with van der Waals surface area (Å²) in [6.07, 6.45) is 0.967. The Morgan fingerprint density at radius 1 is 1.33 bits per heavy atom. The highest BCUT2D eigenvalue weighted by Crippen LogP contribution is 2.24. The molecule has 5 heteroatoms. The summed E-state index contributed by atoms with van der Waals surface area (Å²) in [5, 5.41) is 8.25. The highest BCUT2D eigenvalue weighted by atomic mass is 35.5. The summed E-state index contributed by atoms with van der Waals surface area (Å²) in [6.45, 7) is 4.75. The van der Waals surface area contributed by atoms with Crippen LogP contribution in [0.1, 0.15) is 24.7 Å². The molecule has 0 N–H and O–H groups in total. The summed E-state index contributed by atoms with van der Waals surface area (Å²) < 4.78 is 15.1. The second-order valence-electron chi connectivity index (χ2n) is 4.18. The Balaban J connectivity index is 2.52. The Kier molecular flexibility index (Phi) is 3.97. The van der Waals surface area contributed by atoms with Crippen LogP contribution in [-0.2, 0) is 12.4 Å². The van der Waals surface area contributed by atoms with Crippen molar-refractivity contribution in [2.24, 2.45) is 0 Å². The smallest absolute Gasteiger partial charge is 0.164 e. The van der Waals surface area contributed by atoms with Gasteiger partial charge in [-0.1, -0.05) is 6.92 Å². The summed E-state index contributed by atoms with van der Waals surface area (Å²) in [5.74, 6) is 1.59. The molecule has 0 aliphatic heterocycles. The number of rotatable bonds is 4. The number of alkyl halides is 1. The van der Waals surface area contributed by atoms with E-state index < -0.39 is 0 Å². The van der Waals surface area contributed by atoms with Gasteiger partial charge < -0.3 is 4.57 Å². The molecule has 0 unspecified atom stereocenters. The summed E-state index contributed by atoms with van der Waals surface area (Å²) in [4.78, 5) is 0. The maximum absolute atomic E-state index is 13.1. The Labute approximate surface area is 111 Å². The molecule has 18 heavy (non-hydrogen) atoms. The van der Waals surface area contributed by atoms with Crippen LogP contribution in [0.3, 0.4) is 0 Å². The van der Waals surface area contributed by atoms with Gasteiger partial charge in [0.15, 0.2) is 5.82 Å². The topological polar surface area (TPSA) is 30.7 Å². The van der Waals surface area contributed by atoms with E-state index in [1.807, 2.05) is 11.5 Å². The van der Waals surface area contributed by atoms with Crippen molar-refractivity contribution >= 4 is 11.6 Å². The monoisotopic (exact) mass is 267 g/mol. The number of nitrogens with zero attached hydrogens (tertiary/aromatic N) is 3. The average Bonchev–Trinajstić information content (AvgIpc) is 2.73. The third kappa shape index (κ3) is 2.38. The van der Waals surface area contributed by atoms with E-state index in [0.29, 0.717) is 5.88 Å². The molecule has 2 rings (SSSR count). The van der Waals surface area contributed by atoms with Crippen molar-refractivity contribution < 1.29 is 4.39 Å². The van der Waals surface area contributed by atoms with E-state index >= 15 is 0 Å². The van der Waals surface area contributed by atoms with Gasteiger partial charge in [-0.15, -0.1) is 21.8 Å². The number of benzene rings is 1. The van der Waals surface area contributed by atoms with E-state index in [1.165, 1.54) is 12.1 Å². The zero-order valence-electron chi connectivity index (χ0n) is 10.5. The fourth-order valence-electron chi connectivity index (χ4n) is 1.97. The van der Waals surface area contributed by atoms with Gasteiger partial charge in [0.25, 0.3) is 0 Å². The van der Waals surface area contributed by atoms with Gasteiger partial charge in [0.05, 0.1) is 5.88 Å². The van der Waals surface area contributed by atoms with Crippen LogP contribution in [0.2, 0.25) is 0 Å². The maximum atomic E-state index is 13.1. The van der Waals surface area contributed by atoms with Crippen LogP contribution in [-0.4, -0.2) is 14.8 Å². The molecule has 1 heterocycles. The molecule has 0 radical (unpaired) electrons. The van der Waals surface area contributed by atoms with Crippen molar-refractivity contribution in [2.75, 3.05) is 0 Å². The second kappa shape index (κ2) is 5.48. The third-order valence-corrected chi connectivity index (χ3v) is 3.06. The van der Waals surface area contributed by atoms with Gasteiger partial charge in [0.1, 0.15) is 11.6 Å². The molecule has 0 saturated carbocycles. The molecule has 0 fully saturated rings. The Morgan fingerprint density at radius 3 is 2.72 bits per heavy atom. The summed E-state index contributed by atoms with van der Waals surface area (Å²) in [6, 6.07) is 4.67. The van der Waals surface area contributed by atoms with E-state index in [4.69, 9.17) is 11.6 Å². The van der Waals surface area contributed by atoms with Crippen LogP contribution < -0.4 is 0 Å². The molecule has 0 aliphatic carbocycles. The molecule has 3 nitrogen and oxygen atoms in total. The zero-order valence-corrected chi connectivity index (χ0v) is 11.2. The van der Waals surface area contributed by atoms with Crippen LogP contribution in [0, 0.1) is 12.7 Å². The first-order valence-electron chi connectivity index (χ1n) is 5.92. The van der Waals surface area contributed by atoms with E-state index in [-0.39, 0.29) is 5.82 Å². The van der Waals surface area contributed by atoms with Gasteiger partial charge in [-0.3, -0.25) is 0 Å². The van der Waals surface area contributed by atoms with Crippen molar-refractivity contribution in [3.63, 3.8) is 0 Å². The van der Waals surface area contributed by atoms with Crippen molar-refractivity contribution in [3.05, 3.63) is 35.4 Å². The lowest BCUT2D eigenvalue weighted by atomic mass is 10.1. The minimum absolute atomic E-state index is 0.240. The molecule has 0 bridgehead atoms. The summed E-state index contributed by atoms with van der Waals surface area (Å²) in [7, 11) is 0. The van der Waals surface area contributed by atoms with E-state index in [9.17, 15) is 4.39 Å². The molecule has 96 valence electrons. The minimum atomic E-state index is -0.240. The number of hydrogen-bond acceptors (Lipinski definition) is 2. The molecular weight excluding hydrogens is 253 g/mol. The first-order chi connectivity index (χ1) is 8.67. The van der Waals surface area contributed by atoms with Crippen LogP contribution in [0.15, 0.2) is 18.2 Å². The lowest BCUT2D eigenvalue weighted by molar-refractivity contribution is 0.626. The van der Waals surface area contributed by atoms with E-state index in [1.54, 1.807) is 6.07 Å². The predicted molar refractivity (Wildman–Crippen MR) is 70.0 cm³/mol. The van der Waals surface area contributed by atoms with Gasteiger partial charge in [0.2, 0.25) is 0 Å². The van der Waals surface area contributed by atoms with Crippen molar-refractivity contribution in [3.8, 4) is 11.4 Å². The molecule has 0 amide bonds. The molecule has 0 saturated heterocycles. The van der Waals surface area contributed by atoms with Crippen LogP contribution in [0.25, 0.3) is 11.4 Å². The molecular formula is C13H15ClFN3. The number of aryl methyl sites for hydroxylation is 1. The first kappa shape index (κ1) is 13.0. The Bertz CT molecular complexity index is 551. The summed E-state index contributed by atoms with van der Waals surface area (Å²) in [5.41, 5.74) is 1.74. The van der Waals surface area contributed by atoms with Crippen molar-refractivity contribution in [1.82, 2.24) is 14.8 Å². The van der Waals surface area contributed by atoms with Gasteiger partial charge in [-0.05, 0) is 37.1 Å². The SMILES string of the molecule is CCCn1c(CCl)nnc1-c1ccc(F)cc1C. The highest BCUT2D eigenvalue weighted by Gasteiger charge is 2.14. The maximum Gasteiger partial charge on any atom is 0.164 e. The fourth-order valence-corrected chi connectivity index (χ4v) is 2.17. The van der Waals surface area contributed by atoms with Crippen LogP contribution in [0.5, 0.6) is 0 Å². The Morgan fingerprint density at radius 2 is 2.11 bits per heavy atom. The van der Waals surface area contributed by atoms with Gasteiger partial charge in [-0.25, -0.2) is 4.39 Å². The standard InChI is InChI=1S/C13H15ClFN3/c1-3-6-18-12(8-14)16-17-13(18)11-5-4-10(15)7-9(11)2/h4-5,7H,3,6,8H2,1-2H3. The number of aromatic nitrogens is 3. The van der Waals surface area contributed by atoms with Crippen molar-refractivity contribution in [1.29, 1.82) is 0 Å². The second-order valence-corrected chi connectivity index (χ2v) is 4.45. The van der Waals surface area contributed by atoms with Crippen LogP contribution >= 0.6 is 11.6 Å². The lowest BCUT2D eigenvalue weighted by Crippen LogP contribution is -2.04. The highest BCUT2D eigenvalue weighted by molar-refractivity contribution is 6.16. The Hall–Kier alpha value is -1.42. The van der Waals surface area contributed by atoms with Gasteiger partial charge in [0, 0.05) is 12.1 Å². The quantitative estimate of drug-likeness (QED) is 0.794. The zero-order chi connectivity index (χ0) is 13.1. The molecule has 0 spiro atoms. The van der Waals surface area contributed by atoms with Crippen LogP contribution in [0.4, 0.5) is 4.39 Å². The molecule has 0 atom stereocenters. The molecule has 2 aromatic rings. The van der Waals surface area contributed by atoms with E-state index in [2.05, 4.69) is 17.1 Å².